The predicted molar refractivity (Wildman–Crippen MR) is 189 cm³/mol. The topological polar surface area (TPSA) is 65.2 Å². The summed E-state index contributed by atoms with van der Waals surface area (Å²) in [6, 6.07) is 13.6. The molecule has 2 aliphatic carbocycles. The quantitative estimate of drug-likeness (QED) is 0.211. The van der Waals surface area contributed by atoms with Gasteiger partial charge in [-0.1, -0.05) is 87.2 Å². The van der Waals surface area contributed by atoms with Gasteiger partial charge in [-0.3, -0.25) is 14.5 Å². The van der Waals surface area contributed by atoms with Gasteiger partial charge in [-0.2, -0.15) is 13.2 Å². The van der Waals surface area contributed by atoms with E-state index in [-0.39, 0.29) is 11.7 Å². The second-order valence-electron chi connectivity index (χ2n) is 14.7. The van der Waals surface area contributed by atoms with Gasteiger partial charge in [0.1, 0.15) is 0 Å². The number of aromatic nitrogens is 1. The second kappa shape index (κ2) is 14.9. The third-order valence-corrected chi connectivity index (χ3v) is 11.4. The number of allylic oxidation sites excluding steroid dienone is 2. The Morgan fingerprint density at radius 2 is 1.67 bits per heavy atom. The number of hydrogen-bond acceptors (Lipinski definition) is 3. The molecule has 5 nitrogen and oxygen atoms in total. The molecule has 3 unspecified atom stereocenters. The number of amides is 1. The number of alkyl halides is 3. The lowest BCUT2D eigenvalue weighted by Crippen LogP contribution is -2.45. The van der Waals surface area contributed by atoms with Crippen LogP contribution in [-0.2, 0) is 6.18 Å². The molecular formula is C41H48F3N3O2. The van der Waals surface area contributed by atoms with Crippen LogP contribution in [0.3, 0.4) is 0 Å². The first-order chi connectivity index (χ1) is 23.5. The third kappa shape index (κ3) is 8.46. The summed E-state index contributed by atoms with van der Waals surface area (Å²) in [5, 5.41) is 2.83. The Balaban J connectivity index is 0.983. The van der Waals surface area contributed by atoms with Crippen molar-refractivity contribution in [2.24, 2.45) is 17.3 Å². The van der Waals surface area contributed by atoms with E-state index in [0.29, 0.717) is 51.9 Å². The summed E-state index contributed by atoms with van der Waals surface area (Å²) < 4.78 is 39.1. The maximum atomic E-state index is 13.2. The van der Waals surface area contributed by atoms with Crippen molar-refractivity contribution in [2.75, 3.05) is 18.4 Å². The van der Waals surface area contributed by atoms with E-state index in [1.54, 1.807) is 36.5 Å². The Morgan fingerprint density at radius 3 is 2.35 bits per heavy atom. The number of rotatable bonds is 10. The molecule has 1 aromatic heterocycles. The Morgan fingerprint density at radius 1 is 0.959 bits per heavy atom. The highest BCUT2D eigenvalue weighted by Gasteiger charge is 2.37. The molecular weight excluding hydrogens is 623 g/mol. The van der Waals surface area contributed by atoms with Crippen molar-refractivity contribution in [3.05, 3.63) is 101 Å². The number of likely N-dealkylation sites (tertiary alicyclic amines) is 1. The molecule has 0 radical (unpaired) electrons. The molecule has 3 aromatic rings. The SMILES string of the molecule is CC(CC(=O)c1cc(NC(=O)c2ccccc2-c2ccc(C(F)(F)F)cc2)c[nH]1)C(C)CC1=CCC(N2CCC3(CCCCC3)CC2)C=C1. The van der Waals surface area contributed by atoms with Gasteiger partial charge in [0.05, 0.1) is 16.9 Å². The number of nitrogens with zero attached hydrogens (tertiary/aromatic N) is 1. The molecule has 0 bridgehead atoms. The maximum Gasteiger partial charge on any atom is 0.416 e. The van der Waals surface area contributed by atoms with Gasteiger partial charge in [0.25, 0.3) is 5.91 Å². The fourth-order valence-electron chi connectivity index (χ4n) is 7.98. The van der Waals surface area contributed by atoms with E-state index in [0.717, 1.165) is 25.0 Å². The molecule has 3 atom stereocenters. The summed E-state index contributed by atoms with van der Waals surface area (Å²) in [5.74, 6) is 0.0673. The highest BCUT2D eigenvalue weighted by Crippen LogP contribution is 2.45. The van der Waals surface area contributed by atoms with Crippen LogP contribution < -0.4 is 5.32 Å². The molecule has 49 heavy (non-hydrogen) atoms. The smallest absolute Gasteiger partial charge is 0.357 e. The van der Waals surface area contributed by atoms with Gasteiger partial charge in [0, 0.05) is 24.2 Å². The molecule has 260 valence electrons. The largest absolute Gasteiger partial charge is 0.416 e. The van der Waals surface area contributed by atoms with E-state index >= 15 is 0 Å². The van der Waals surface area contributed by atoms with Gasteiger partial charge in [-0.05, 0) is 104 Å². The number of anilines is 1. The van der Waals surface area contributed by atoms with Gasteiger partial charge in [-0.15, -0.1) is 0 Å². The summed E-state index contributed by atoms with van der Waals surface area (Å²) in [7, 11) is 0. The number of carbonyl (C=O) groups excluding carboxylic acids is 2. The number of ketones is 1. The number of hydrogen-bond donors (Lipinski definition) is 2. The Bertz CT molecular complexity index is 1670. The van der Waals surface area contributed by atoms with Crippen molar-refractivity contribution < 1.29 is 22.8 Å². The van der Waals surface area contributed by atoms with Crippen LogP contribution in [0.15, 0.2) is 84.6 Å². The fourth-order valence-corrected chi connectivity index (χ4v) is 7.98. The lowest BCUT2D eigenvalue weighted by Gasteiger charge is -2.46. The van der Waals surface area contributed by atoms with Gasteiger partial charge >= 0.3 is 6.18 Å². The van der Waals surface area contributed by atoms with Crippen LogP contribution >= 0.6 is 0 Å². The van der Waals surface area contributed by atoms with E-state index < -0.39 is 17.6 Å². The molecule has 2 fully saturated rings. The molecule has 1 saturated carbocycles. The number of benzene rings is 2. The molecule has 1 amide bonds. The normalized spacial score (nSPS) is 20.8. The minimum absolute atomic E-state index is 0.0148. The van der Waals surface area contributed by atoms with Crippen LogP contribution in [-0.4, -0.2) is 40.7 Å². The van der Waals surface area contributed by atoms with Gasteiger partial charge < -0.3 is 10.3 Å². The summed E-state index contributed by atoms with van der Waals surface area (Å²) in [5.41, 5.74) is 3.45. The monoisotopic (exact) mass is 671 g/mol. The highest BCUT2D eigenvalue weighted by atomic mass is 19.4. The first-order valence-electron chi connectivity index (χ1n) is 17.9. The summed E-state index contributed by atoms with van der Waals surface area (Å²) in [6.45, 7) is 6.76. The molecule has 1 saturated heterocycles. The molecule has 3 aliphatic rings. The molecule has 8 heteroatoms. The molecule has 2 heterocycles. The predicted octanol–water partition coefficient (Wildman–Crippen LogP) is 10.5. The van der Waals surface area contributed by atoms with E-state index in [1.807, 2.05) is 0 Å². The number of aromatic amines is 1. The number of nitrogens with one attached hydrogen (secondary N) is 2. The van der Waals surface area contributed by atoms with Crippen molar-refractivity contribution >= 4 is 17.4 Å². The summed E-state index contributed by atoms with van der Waals surface area (Å²) in [4.78, 5) is 32.2. The van der Waals surface area contributed by atoms with E-state index in [1.165, 1.54) is 75.7 Å². The van der Waals surface area contributed by atoms with Crippen molar-refractivity contribution in [3.8, 4) is 11.1 Å². The van der Waals surface area contributed by atoms with Crippen LogP contribution in [0.2, 0.25) is 0 Å². The zero-order valence-corrected chi connectivity index (χ0v) is 28.6. The zero-order valence-electron chi connectivity index (χ0n) is 28.6. The summed E-state index contributed by atoms with van der Waals surface area (Å²) in [6.07, 6.45) is 16.4. The number of halogens is 3. The van der Waals surface area contributed by atoms with Crippen LogP contribution in [0, 0.1) is 17.3 Å². The molecule has 1 spiro atoms. The van der Waals surface area contributed by atoms with Crippen molar-refractivity contribution in [1.82, 2.24) is 9.88 Å². The van der Waals surface area contributed by atoms with Crippen LogP contribution in [0.4, 0.5) is 18.9 Å². The fraction of sp³-hybridized carbons (Fsp3) is 0.463. The third-order valence-electron chi connectivity index (χ3n) is 11.4. The minimum atomic E-state index is -4.44. The standard InChI is InChI=1S/C41H48F3N3O2/c1-28(24-30-10-16-34(17-11-30)47-22-20-40(21-23-47)18-6-3-7-19-40)29(2)25-38(48)37-26-33(27-45-37)46-39(49)36-9-5-4-8-35(36)31-12-14-32(15-13-31)41(42,43)44/h4-5,8-16,26-29,34,45H,3,6-7,17-25H2,1-2H3,(H,46,49). The van der Waals surface area contributed by atoms with Crippen LogP contribution in [0.25, 0.3) is 11.1 Å². The van der Waals surface area contributed by atoms with Gasteiger partial charge in [0.15, 0.2) is 5.78 Å². The van der Waals surface area contributed by atoms with E-state index in [2.05, 4.69) is 47.3 Å². The molecule has 2 N–H and O–H groups in total. The Kier molecular flexibility index (Phi) is 10.6. The van der Waals surface area contributed by atoms with Crippen molar-refractivity contribution in [2.45, 2.75) is 90.3 Å². The Labute approximate surface area is 288 Å². The lowest BCUT2D eigenvalue weighted by molar-refractivity contribution is -0.137. The first kappa shape index (κ1) is 34.9. The van der Waals surface area contributed by atoms with Crippen molar-refractivity contribution in [3.63, 3.8) is 0 Å². The molecule has 6 rings (SSSR count). The second-order valence-corrected chi connectivity index (χ2v) is 14.7. The average molecular weight is 672 g/mol. The maximum absolute atomic E-state index is 13.2. The minimum Gasteiger partial charge on any atom is -0.357 e. The average Bonchev–Trinajstić information content (AvgIpc) is 3.58. The summed E-state index contributed by atoms with van der Waals surface area (Å²) >= 11 is 0. The highest BCUT2D eigenvalue weighted by molar-refractivity contribution is 6.09. The molecule has 1 aliphatic heterocycles. The zero-order chi connectivity index (χ0) is 34.6. The number of Topliss-reactive ketones (excluding diaryl/α,β-unsaturated/α-hetero) is 1. The van der Waals surface area contributed by atoms with Crippen LogP contribution in [0.1, 0.15) is 104 Å². The van der Waals surface area contributed by atoms with Gasteiger partial charge in [0.2, 0.25) is 0 Å². The number of H-pyrrole nitrogens is 1. The first-order valence-corrected chi connectivity index (χ1v) is 17.9. The van der Waals surface area contributed by atoms with Crippen LogP contribution in [0.5, 0.6) is 0 Å². The number of piperidine rings is 1. The number of carbonyl (C=O) groups is 2. The van der Waals surface area contributed by atoms with E-state index in [9.17, 15) is 22.8 Å². The van der Waals surface area contributed by atoms with Gasteiger partial charge in [-0.25, -0.2) is 0 Å². The molecule has 2 aromatic carbocycles. The Hall–Kier alpha value is -3.91. The van der Waals surface area contributed by atoms with Crippen molar-refractivity contribution in [1.29, 1.82) is 0 Å². The van der Waals surface area contributed by atoms with E-state index in [4.69, 9.17) is 0 Å². The lowest BCUT2D eigenvalue weighted by atomic mass is 9.68.